The van der Waals surface area contributed by atoms with E-state index in [-0.39, 0.29) is 6.61 Å². The van der Waals surface area contributed by atoms with Crippen LogP contribution in [0.25, 0.3) is 0 Å². The van der Waals surface area contributed by atoms with Gasteiger partial charge in [-0.1, -0.05) is 19.8 Å². The Morgan fingerprint density at radius 3 is 1.86 bits per heavy atom. The predicted octanol–water partition coefficient (Wildman–Crippen LogP) is 4.93. The molecule has 0 amide bonds. The molecular formula is C13H16F5O3P. The molecule has 0 aromatic heterocycles. The molecule has 0 bridgehead atoms. The molecule has 3 nitrogen and oxygen atoms in total. The second-order valence-corrected chi connectivity index (χ2v) is 6.69. The molecule has 0 saturated heterocycles. The third-order valence-corrected chi connectivity index (χ3v) is 4.07. The van der Waals surface area contributed by atoms with Gasteiger partial charge in [-0.2, -0.15) is 0 Å². The molecular weight excluding hydrogens is 330 g/mol. The summed E-state index contributed by atoms with van der Waals surface area (Å²) in [5.74, 6) is -10.4. The standard InChI is InChI=1S/C13H16F5O3P/c1-3-4-5-6-20-22(2,19)21-7-8-9(14)11(16)13(18)12(17)10(8)15/h3-7H2,1-2H3. The monoisotopic (exact) mass is 346 g/mol. The Kier molecular flexibility index (Phi) is 6.97. The first-order valence-corrected chi connectivity index (χ1v) is 8.57. The average Bonchev–Trinajstić information content (AvgIpc) is 2.47. The Morgan fingerprint density at radius 2 is 1.36 bits per heavy atom. The van der Waals surface area contributed by atoms with E-state index in [2.05, 4.69) is 0 Å². The lowest BCUT2D eigenvalue weighted by Gasteiger charge is -2.15. The zero-order chi connectivity index (χ0) is 16.9. The SMILES string of the molecule is CCCCCOP(C)(=O)OCc1c(F)c(F)c(F)c(F)c1F. The van der Waals surface area contributed by atoms with E-state index in [4.69, 9.17) is 9.05 Å². The smallest absolute Gasteiger partial charge is 0.309 e. The summed E-state index contributed by atoms with van der Waals surface area (Å²) >= 11 is 0. The molecule has 0 aliphatic heterocycles. The summed E-state index contributed by atoms with van der Waals surface area (Å²) in [5, 5.41) is 0. The van der Waals surface area contributed by atoms with Gasteiger partial charge in [-0.15, -0.1) is 0 Å². The van der Waals surface area contributed by atoms with Gasteiger partial charge < -0.3 is 9.05 Å². The molecule has 1 atom stereocenters. The van der Waals surface area contributed by atoms with Crippen LogP contribution in [0, 0.1) is 29.1 Å². The van der Waals surface area contributed by atoms with Crippen molar-refractivity contribution >= 4 is 7.60 Å². The number of rotatable bonds is 8. The highest BCUT2D eigenvalue weighted by Gasteiger charge is 2.27. The summed E-state index contributed by atoms with van der Waals surface area (Å²) in [7, 11) is -3.65. The van der Waals surface area contributed by atoms with Gasteiger partial charge in [0.1, 0.15) is 0 Å². The Hall–Kier alpha value is -0.980. The van der Waals surface area contributed by atoms with Gasteiger partial charge in [-0.25, -0.2) is 22.0 Å². The zero-order valence-electron chi connectivity index (χ0n) is 12.1. The fourth-order valence-corrected chi connectivity index (χ4v) is 2.48. The maximum absolute atomic E-state index is 13.4. The van der Waals surface area contributed by atoms with E-state index < -0.39 is 48.9 Å². The number of hydrogen-bond acceptors (Lipinski definition) is 3. The van der Waals surface area contributed by atoms with E-state index in [1.165, 1.54) is 0 Å². The quantitative estimate of drug-likeness (QED) is 0.220. The van der Waals surface area contributed by atoms with Gasteiger partial charge in [0.25, 0.3) is 0 Å². The van der Waals surface area contributed by atoms with Crippen molar-refractivity contribution in [2.24, 2.45) is 0 Å². The fraction of sp³-hybridized carbons (Fsp3) is 0.538. The first kappa shape index (κ1) is 19.1. The summed E-state index contributed by atoms with van der Waals surface area (Å²) < 4.78 is 87.2. The van der Waals surface area contributed by atoms with Crippen molar-refractivity contribution < 1.29 is 35.6 Å². The molecule has 0 aliphatic rings. The topological polar surface area (TPSA) is 35.5 Å². The fourth-order valence-electron chi connectivity index (χ4n) is 1.58. The summed E-state index contributed by atoms with van der Waals surface area (Å²) in [4.78, 5) is 0. The molecule has 0 N–H and O–H groups in total. The van der Waals surface area contributed by atoms with Crippen molar-refractivity contribution in [3.8, 4) is 0 Å². The first-order valence-electron chi connectivity index (χ1n) is 6.58. The van der Waals surface area contributed by atoms with Crippen LogP contribution in [0.15, 0.2) is 0 Å². The van der Waals surface area contributed by atoms with Crippen LogP contribution < -0.4 is 0 Å². The average molecular weight is 346 g/mol. The van der Waals surface area contributed by atoms with Crippen molar-refractivity contribution in [3.63, 3.8) is 0 Å². The van der Waals surface area contributed by atoms with Gasteiger partial charge in [0.15, 0.2) is 23.3 Å². The van der Waals surface area contributed by atoms with E-state index in [0.29, 0.717) is 6.42 Å². The molecule has 0 radical (unpaired) electrons. The Balaban J connectivity index is 2.78. The van der Waals surface area contributed by atoms with Crippen LogP contribution in [0.4, 0.5) is 22.0 Å². The van der Waals surface area contributed by atoms with Gasteiger partial charge in [-0.05, 0) is 6.42 Å². The van der Waals surface area contributed by atoms with E-state index in [1.807, 2.05) is 6.92 Å². The maximum Gasteiger partial charge on any atom is 0.327 e. The predicted molar refractivity (Wildman–Crippen MR) is 70.0 cm³/mol. The van der Waals surface area contributed by atoms with Crippen molar-refractivity contribution in [1.29, 1.82) is 0 Å². The number of hydrogen-bond donors (Lipinski definition) is 0. The van der Waals surface area contributed by atoms with Crippen molar-refractivity contribution in [1.82, 2.24) is 0 Å². The minimum absolute atomic E-state index is 0.110. The van der Waals surface area contributed by atoms with Gasteiger partial charge in [0, 0.05) is 6.66 Å². The Labute approximate surface area is 125 Å². The molecule has 1 rings (SSSR count). The molecule has 0 fully saturated rings. The van der Waals surface area contributed by atoms with Crippen LogP contribution >= 0.6 is 7.60 Å². The highest BCUT2D eigenvalue weighted by molar-refractivity contribution is 7.52. The second-order valence-electron chi connectivity index (χ2n) is 4.63. The molecule has 1 aromatic rings. The molecule has 1 unspecified atom stereocenters. The first-order chi connectivity index (χ1) is 10.2. The maximum atomic E-state index is 13.4. The highest BCUT2D eigenvalue weighted by Crippen LogP contribution is 2.45. The Morgan fingerprint density at radius 1 is 0.864 bits per heavy atom. The molecule has 0 spiro atoms. The van der Waals surface area contributed by atoms with E-state index in [9.17, 15) is 26.5 Å². The lowest BCUT2D eigenvalue weighted by atomic mass is 10.2. The normalized spacial score (nSPS) is 14.1. The van der Waals surface area contributed by atoms with Crippen LogP contribution in [0.2, 0.25) is 0 Å². The van der Waals surface area contributed by atoms with Crippen LogP contribution in [-0.2, 0) is 20.2 Å². The van der Waals surface area contributed by atoms with E-state index >= 15 is 0 Å². The lowest BCUT2D eigenvalue weighted by Crippen LogP contribution is -2.08. The van der Waals surface area contributed by atoms with Crippen LogP contribution in [0.5, 0.6) is 0 Å². The van der Waals surface area contributed by atoms with Crippen LogP contribution in [0.3, 0.4) is 0 Å². The number of halogens is 5. The van der Waals surface area contributed by atoms with Crippen LogP contribution in [0.1, 0.15) is 31.7 Å². The zero-order valence-corrected chi connectivity index (χ0v) is 13.0. The molecule has 0 saturated carbocycles. The summed E-state index contributed by atoms with van der Waals surface area (Å²) in [6, 6.07) is 0. The minimum Gasteiger partial charge on any atom is -0.309 e. The second kappa shape index (κ2) is 8.04. The lowest BCUT2D eigenvalue weighted by molar-refractivity contribution is 0.193. The van der Waals surface area contributed by atoms with Crippen molar-refractivity contribution in [3.05, 3.63) is 34.6 Å². The third-order valence-electron chi connectivity index (χ3n) is 2.82. The summed E-state index contributed by atoms with van der Waals surface area (Å²) in [6.07, 6.45) is 2.35. The van der Waals surface area contributed by atoms with Gasteiger partial charge in [0.05, 0.1) is 18.8 Å². The van der Waals surface area contributed by atoms with E-state index in [0.717, 1.165) is 19.5 Å². The van der Waals surface area contributed by atoms with Crippen LogP contribution in [-0.4, -0.2) is 13.3 Å². The van der Waals surface area contributed by atoms with Crippen molar-refractivity contribution in [2.75, 3.05) is 13.3 Å². The van der Waals surface area contributed by atoms with Crippen molar-refractivity contribution in [2.45, 2.75) is 32.8 Å². The van der Waals surface area contributed by atoms with Gasteiger partial charge >= 0.3 is 7.60 Å². The number of benzene rings is 1. The molecule has 0 aliphatic carbocycles. The minimum atomic E-state index is -3.65. The largest absolute Gasteiger partial charge is 0.327 e. The van der Waals surface area contributed by atoms with E-state index in [1.54, 1.807) is 0 Å². The third kappa shape index (κ3) is 4.76. The molecule has 0 heterocycles. The molecule has 22 heavy (non-hydrogen) atoms. The highest BCUT2D eigenvalue weighted by atomic mass is 31.2. The summed E-state index contributed by atoms with van der Waals surface area (Å²) in [5.41, 5.74) is -1.18. The molecule has 1 aromatic carbocycles. The van der Waals surface area contributed by atoms with Gasteiger partial charge in [0.2, 0.25) is 5.82 Å². The Bertz CT molecular complexity index is 550. The summed E-state index contributed by atoms with van der Waals surface area (Å²) in [6.45, 7) is 2.07. The van der Waals surface area contributed by atoms with Gasteiger partial charge in [-0.3, -0.25) is 4.57 Å². The molecule has 126 valence electrons. The molecule has 9 heteroatoms. The number of unbranched alkanes of at least 4 members (excludes halogenated alkanes) is 2.